The Hall–Kier alpha value is -2.83. The highest BCUT2D eigenvalue weighted by atomic mass is 35.5. The topological polar surface area (TPSA) is 0 Å². The first-order valence-electron chi connectivity index (χ1n) is 9.73. The van der Waals surface area contributed by atoms with Gasteiger partial charge in [-0.25, -0.2) is 0 Å². The maximum absolute atomic E-state index is 6.54. The molecule has 2 aliphatic carbocycles. The molecule has 0 N–H and O–H groups in total. The lowest BCUT2D eigenvalue weighted by Gasteiger charge is -2.31. The lowest BCUT2D eigenvalue weighted by molar-refractivity contribution is 0.791. The van der Waals surface area contributed by atoms with Crippen LogP contribution in [0.1, 0.15) is 33.4 Å². The Balaban J connectivity index is 1.88. The van der Waals surface area contributed by atoms with Crippen molar-refractivity contribution in [3.8, 4) is 22.3 Å². The predicted octanol–water partition coefficient (Wildman–Crippen LogP) is 7.30. The summed E-state index contributed by atoms with van der Waals surface area (Å²) in [6.07, 6.45) is 0. The molecule has 0 aromatic heterocycles. The van der Waals surface area contributed by atoms with Gasteiger partial charge < -0.3 is 0 Å². The molecule has 0 saturated carbocycles. The largest absolute Gasteiger partial charge is 0.0843 e. The number of rotatable bonds is 0. The zero-order valence-electron chi connectivity index (χ0n) is 15.9. The molecule has 0 atom stereocenters. The summed E-state index contributed by atoms with van der Waals surface area (Å²) in [5, 5.41) is 0.793. The Morgan fingerprint density at radius 1 is 0.536 bits per heavy atom. The van der Waals surface area contributed by atoms with Crippen LogP contribution >= 0.6 is 11.6 Å². The normalized spacial score (nSPS) is 14.5. The van der Waals surface area contributed by atoms with Gasteiger partial charge in [0.05, 0.1) is 5.41 Å². The van der Waals surface area contributed by atoms with Crippen LogP contribution in [-0.4, -0.2) is 0 Å². The number of benzene rings is 4. The average molecular weight is 379 g/mol. The summed E-state index contributed by atoms with van der Waals surface area (Å²) in [4.78, 5) is 0. The Morgan fingerprint density at radius 3 is 1.68 bits per heavy atom. The van der Waals surface area contributed by atoms with Crippen LogP contribution < -0.4 is 0 Å². The lowest BCUT2D eigenvalue weighted by Crippen LogP contribution is -2.26. The summed E-state index contributed by atoms with van der Waals surface area (Å²) >= 11 is 6.54. The van der Waals surface area contributed by atoms with Crippen LogP contribution in [0.2, 0.25) is 5.02 Å². The zero-order chi connectivity index (χ0) is 19.0. The van der Waals surface area contributed by atoms with Crippen molar-refractivity contribution in [2.45, 2.75) is 19.3 Å². The average Bonchev–Trinajstić information content (AvgIpc) is 3.13. The first-order chi connectivity index (χ1) is 13.6. The third-order valence-corrected chi connectivity index (χ3v) is 6.69. The number of halogens is 1. The fourth-order valence-electron chi connectivity index (χ4n) is 5.38. The fourth-order valence-corrected chi connectivity index (χ4v) is 5.56. The number of fused-ring (bicyclic) bond motifs is 10. The molecule has 0 bridgehead atoms. The molecule has 0 saturated heterocycles. The maximum Gasteiger partial charge on any atom is 0.0726 e. The molecule has 0 unspecified atom stereocenters. The highest BCUT2D eigenvalue weighted by Gasteiger charge is 2.51. The van der Waals surface area contributed by atoms with E-state index in [0.29, 0.717) is 0 Å². The third-order valence-electron chi connectivity index (χ3n) is 6.46. The number of aryl methyl sites for hydroxylation is 2. The van der Waals surface area contributed by atoms with E-state index in [1.165, 1.54) is 55.6 Å². The summed E-state index contributed by atoms with van der Waals surface area (Å²) in [5.74, 6) is 0. The van der Waals surface area contributed by atoms with Crippen molar-refractivity contribution in [3.05, 3.63) is 117 Å². The Kier molecular flexibility index (Phi) is 3.10. The number of hydrogen-bond donors (Lipinski definition) is 0. The van der Waals surface area contributed by atoms with Crippen molar-refractivity contribution >= 4 is 11.6 Å². The van der Waals surface area contributed by atoms with Crippen LogP contribution in [0.25, 0.3) is 22.3 Å². The van der Waals surface area contributed by atoms with Crippen molar-refractivity contribution in [2.75, 3.05) is 0 Å². The molecule has 134 valence electrons. The highest BCUT2D eigenvalue weighted by molar-refractivity contribution is 6.30. The number of hydrogen-bond acceptors (Lipinski definition) is 0. The second-order valence-corrected chi connectivity index (χ2v) is 8.52. The van der Waals surface area contributed by atoms with E-state index in [2.05, 4.69) is 86.6 Å². The van der Waals surface area contributed by atoms with Crippen LogP contribution in [0.15, 0.2) is 78.9 Å². The first kappa shape index (κ1) is 16.2. The van der Waals surface area contributed by atoms with Crippen molar-refractivity contribution in [3.63, 3.8) is 0 Å². The minimum atomic E-state index is -0.292. The molecule has 0 radical (unpaired) electrons. The van der Waals surface area contributed by atoms with E-state index in [9.17, 15) is 0 Å². The van der Waals surface area contributed by atoms with Gasteiger partial charge in [0.15, 0.2) is 0 Å². The molecule has 0 fully saturated rings. The Bertz CT molecular complexity index is 1220. The van der Waals surface area contributed by atoms with Gasteiger partial charge in [-0.1, -0.05) is 89.5 Å². The van der Waals surface area contributed by atoms with E-state index in [0.717, 1.165) is 5.02 Å². The molecule has 1 spiro atoms. The van der Waals surface area contributed by atoms with Crippen LogP contribution in [0.5, 0.6) is 0 Å². The van der Waals surface area contributed by atoms with Crippen LogP contribution in [-0.2, 0) is 5.41 Å². The lowest BCUT2D eigenvalue weighted by atomic mass is 9.70. The fraction of sp³-hybridized carbons (Fsp3) is 0.111. The zero-order valence-corrected chi connectivity index (χ0v) is 16.6. The van der Waals surface area contributed by atoms with Crippen LogP contribution in [0.3, 0.4) is 0 Å². The quantitative estimate of drug-likeness (QED) is 0.260. The standard InChI is InChI=1S/C27H19Cl/c1-16-7-10-20-21-11-8-17(2)14-25(21)27(24(20)13-16)23-6-4-3-5-19(23)22-12-9-18(28)15-26(22)27/h3-15H,1-2H3. The molecule has 0 amide bonds. The molecule has 4 aromatic carbocycles. The molecule has 6 rings (SSSR count). The van der Waals surface area contributed by atoms with Gasteiger partial charge in [0, 0.05) is 5.02 Å². The van der Waals surface area contributed by atoms with Gasteiger partial charge in [-0.3, -0.25) is 0 Å². The van der Waals surface area contributed by atoms with Crippen molar-refractivity contribution in [2.24, 2.45) is 0 Å². The summed E-state index contributed by atoms with van der Waals surface area (Å²) < 4.78 is 0. The van der Waals surface area contributed by atoms with E-state index in [1.54, 1.807) is 0 Å². The summed E-state index contributed by atoms with van der Waals surface area (Å²) in [6.45, 7) is 4.36. The molecule has 2 aliphatic rings. The van der Waals surface area contributed by atoms with E-state index >= 15 is 0 Å². The summed E-state index contributed by atoms with van der Waals surface area (Å²) in [7, 11) is 0. The van der Waals surface area contributed by atoms with Gasteiger partial charge in [0.25, 0.3) is 0 Å². The maximum atomic E-state index is 6.54. The van der Waals surface area contributed by atoms with Gasteiger partial charge in [-0.15, -0.1) is 0 Å². The monoisotopic (exact) mass is 378 g/mol. The molecular weight excluding hydrogens is 360 g/mol. The van der Waals surface area contributed by atoms with Gasteiger partial charge in [-0.2, -0.15) is 0 Å². The Morgan fingerprint density at radius 2 is 1.04 bits per heavy atom. The van der Waals surface area contributed by atoms with Crippen molar-refractivity contribution < 1.29 is 0 Å². The molecule has 0 heterocycles. The second-order valence-electron chi connectivity index (χ2n) is 8.08. The SMILES string of the molecule is Cc1ccc2c(c1)C1(c3ccccc3-c3ccc(Cl)cc31)c1cc(C)ccc1-2. The molecule has 28 heavy (non-hydrogen) atoms. The smallest absolute Gasteiger partial charge is 0.0726 e. The minimum absolute atomic E-state index is 0.292. The molecule has 0 aliphatic heterocycles. The van der Waals surface area contributed by atoms with E-state index in [4.69, 9.17) is 11.6 Å². The third kappa shape index (κ3) is 1.82. The van der Waals surface area contributed by atoms with Gasteiger partial charge >= 0.3 is 0 Å². The first-order valence-corrected chi connectivity index (χ1v) is 10.1. The molecule has 1 heteroatoms. The molecule has 0 nitrogen and oxygen atoms in total. The highest BCUT2D eigenvalue weighted by Crippen LogP contribution is 2.63. The van der Waals surface area contributed by atoms with Crippen molar-refractivity contribution in [1.82, 2.24) is 0 Å². The van der Waals surface area contributed by atoms with E-state index in [1.807, 2.05) is 6.07 Å². The summed E-state index contributed by atoms with van der Waals surface area (Å²) in [6, 6.07) is 29.0. The minimum Gasteiger partial charge on any atom is -0.0843 e. The van der Waals surface area contributed by atoms with Gasteiger partial charge in [0.1, 0.15) is 0 Å². The van der Waals surface area contributed by atoms with Crippen molar-refractivity contribution in [1.29, 1.82) is 0 Å². The second kappa shape index (κ2) is 5.37. The van der Waals surface area contributed by atoms with Gasteiger partial charge in [-0.05, 0) is 70.5 Å². The summed E-state index contributed by atoms with van der Waals surface area (Å²) in [5.41, 5.74) is 13.0. The van der Waals surface area contributed by atoms with E-state index in [-0.39, 0.29) is 5.41 Å². The molecule has 4 aromatic rings. The predicted molar refractivity (Wildman–Crippen MR) is 117 cm³/mol. The Labute approximate surface area is 170 Å². The van der Waals surface area contributed by atoms with Crippen LogP contribution in [0, 0.1) is 13.8 Å². The molecular formula is C27H19Cl. The van der Waals surface area contributed by atoms with E-state index < -0.39 is 0 Å². The van der Waals surface area contributed by atoms with Gasteiger partial charge in [0.2, 0.25) is 0 Å². The van der Waals surface area contributed by atoms with Crippen LogP contribution in [0.4, 0.5) is 0 Å².